The predicted octanol–water partition coefficient (Wildman–Crippen LogP) is 0.960. The molecule has 1 aromatic carbocycles. The van der Waals surface area contributed by atoms with E-state index < -0.39 is 5.91 Å². The fourth-order valence-corrected chi connectivity index (χ4v) is 3.54. The van der Waals surface area contributed by atoms with Gasteiger partial charge >= 0.3 is 0 Å². The lowest BCUT2D eigenvalue weighted by Crippen LogP contribution is -2.46. The van der Waals surface area contributed by atoms with Gasteiger partial charge in [-0.1, -0.05) is 12.1 Å². The lowest BCUT2D eigenvalue weighted by atomic mass is 10.1. The summed E-state index contributed by atoms with van der Waals surface area (Å²) < 4.78 is 7.27. The number of nitrogens with zero attached hydrogens (tertiary/aromatic N) is 4. The standard InChI is InChI=1S/C21H21N5O4/c22-20(28)18-10-14(7-8-23-18)30-15-4-3-9-25(11-15)19(27)12-26-13-24-17-6-2-1-5-16(17)21(26)29/h1-2,5-8,10,13,15H,3-4,9,11-12H2,(H2,22,28). The normalized spacial score (nSPS) is 16.4. The molecule has 4 rings (SSSR count). The van der Waals surface area contributed by atoms with Crippen LogP contribution in [0.25, 0.3) is 10.9 Å². The van der Waals surface area contributed by atoms with Gasteiger partial charge in [0.1, 0.15) is 24.1 Å². The van der Waals surface area contributed by atoms with Gasteiger partial charge in [-0.15, -0.1) is 0 Å². The smallest absolute Gasteiger partial charge is 0.267 e. The summed E-state index contributed by atoms with van der Waals surface area (Å²) in [6, 6.07) is 10.2. The number of aromatic nitrogens is 3. The van der Waals surface area contributed by atoms with Gasteiger partial charge in [-0.25, -0.2) is 4.98 Å². The van der Waals surface area contributed by atoms with Crippen LogP contribution >= 0.6 is 0 Å². The number of carbonyl (C=O) groups is 2. The molecule has 1 fully saturated rings. The molecule has 2 N–H and O–H groups in total. The number of pyridine rings is 1. The van der Waals surface area contributed by atoms with Crippen LogP contribution < -0.4 is 16.0 Å². The number of para-hydroxylation sites is 1. The summed E-state index contributed by atoms with van der Waals surface area (Å²) in [5.41, 5.74) is 5.74. The quantitative estimate of drug-likeness (QED) is 0.673. The third-order valence-electron chi connectivity index (χ3n) is 5.05. The van der Waals surface area contributed by atoms with Gasteiger partial charge in [0.2, 0.25) is 5.91 Å². The molecule has 0 bridgehead atoms. The minimum atomic E-state index is -0.629. The van der Waals surface area contributed by atoms with Crippen LogP contribution in [0.2, 0.25) is 0 Å². The maximum absolute atomic E-state index is 12.8. The number of piperidine rings is 1. The third kappa shape index (κ3) is 4.14. The Labute approximate surface area is 172 Å². The number of carbonyl (C=O) groups excluding carboxylic acids is 2. The topological polar surface area (TPSA) is 120 Å². The zero-order chi connectivity index (χ0) is 21.1. The maximum Gasteiger partial charge on any atom is 0.267 e. The number of hydrogen-bond donors (Lipinski definition) is 1. The monoisotopic (exact) mass is 407 g/mol. The first-order valence-corrected chi connectivity index (χ1v) is 9.66. The molecule has 0 spiro atoms. The van der Waals surface area contributed by atoms with Crippen molar-refractivity contribution in [1.29, 1.82) is 0 Å². The molecule has 1 saturated heterocycles. The molecule has 1 atom stereocenters. The van der Waals surface area contributed by atoms with E-state index in [4.69, 9.17) is 10.5 Å². The van der Waals surface area contributed by atoms with Crippen LogP contribution in [0.5, 0.6) is 5.75 Å². The van der Waals surface area contributed by atoms with Gasteiger partial charge in [-0.05, 0) is 31.0 Å². The second kappa shape index (κ2) is 8.32. The lowest BCUT2D eigenvalue weighted by Gasteiger charge is -2.33. The van der Waals surface area contributed by atoms with E-state index in [1.807, 2.05) is 6.07 Å². The van der Waals surface area contributed by atoms with E-state index in [1.54, 1.807) is 29.2 Å². The third-order valence-corrected chi connectivity index (χ3v) is 5.05. The van der Waals surface area contributed by atoms with Crippen LogP contribution in [0.4, 0.5) is 0 Å². The average Bonchev–Trinajstić information content (AvgIpc) is 2.76. The summed E-state index contributed by atoms with van der Waals surface area (Å²) in [5, 5.41) is 0.482. The molecule has 9 heteroatoms. The van der Waals surface area contributed by atoms with Crippen LogP contribution in [-0.4, -0.2) is 50.4 Å². The van der Waals surface area contributed by atoms with Gasteiger partial charge in [-0.2, -0.15) is 0 Å². The molecule has 30 heavy (non-hydrogen) atoms. The van der Waals surface area contributed by atoms with E-state index in [-0.39, 0.29) is 29.8 Å². The van der Waals surface area contributed by atoms with E-state index in [2.05, 4.69) is 9.97 Å². The van der Waals surface area contributed by atoms with Gasteiger partial charge in [0, 0.05) is 18.8 Å². The molecule has 2 amide bonds. The Bertz CT molecular complexity index is 1160. The highest BCUT2D eigenvalue weighted by atomic mass is 16.5. The lowest BCUT2D eigenvalue weighted by molar-refractivity contribution is -0.134. The fourth-order valence-electron chi connectivity index (χ4n) is 3.54. The Morgan fingerprint density at radius 3 is 2.87 bits per heavy atom. The Kier molecular flexibility index (Phi) is 5.42. The molecular weight excluding hydrogens is 386 g/mol. The molecule has 0 saturated carbocycles. The van der Waals surface area contributed by atoms with Crippen LogP contribution in [0, 0.1) is 0 Å². The van der Waals surface area contributed by atoms with Crippen molar-refractivity contribution in [3.8, 4) is 5.75 Å². The van der Waals surface area contributed by atoms with Crippen molar-refractivity contribution in [3.05, 3.63) is 65.0 Å². The van der Waals surface area contributed by atoms with Crippen LogP contribution in [-0.2, 0) is 11.3 Å². The first kappa shape index (κ1) is 19.6. The number of ether oxygens (including phenoxy) is 1. The van der Waals surface area contributed by atoms with E-state index in [0.29, 0.717) is 29.7 Å². The van der Waals surface area contributed by atoms with Crippen molar-refractivity contribution in [2.75, 3.05) is 13.1 Å². The predicted molar refractivity (Wildman–Crippen MR) is 109 cm³/mol. The SMILES string of the molecule is NC(=O)c1cc(OC2CCCN(C(=O)Cn3cnc4ccccc4c3=O)C2)ccn1. The minimum absolute atomic E-state index is 0.0789. The van der Waals surface area contributed by atoms with Gasteiger partial charge in [0.25, 0.3) is 11.5 Å². The second-order valence-electron chi connectivity index (χ2n) is 7.16. The van der Waals surface area contributed by atoms with Crippen molar-refractivity contribution in [2.24, 2.45) is 5.73 Å². The largest absolute Gasteiger partial charge is 0.488 e. The highest BCUT2D eigenvalue weighted by molar-refractivity contribution is 5.91. The van der Waals surface area contributed by atoms with E-state index in [1.165, 1.54) is 23.2 Å². The highest BCUT2D eigenvalue weighted by Gasteiger charge is 2.25. The molecule has 3 heterocycles. The molecule has 2 aromatic heterocycles. The first-order chi connectivity index (χ1) is 14.5. The number of nitrogens with two attached hydrogens (primary N) is 1. The number of likely N-dealkylation sites (tertiary alicyclic amines) is 1. The van der Waals surface area contributed by atoms with Gasteiger partial charge in [0.05, 0.1) is 23.8 Å². The molecule has 1 unspecified atom stereocenters. The maximum atomic E-state index is 12.8. The Morgan fingerprint density at radius 2 is 2.03 bits per heavy atom. The molecule has 1 aliphatic rings. The number of benzene rings is 1. The molecule has 0 aliphatic carbocycles. The second-order valence-corrected chi connectivity index (χ2v) is 7.16. The van der Waals surface area contributed by atoms with Crippen molar-refractivity contribution >= 4 is 22.7 Å². The van der Waals surface area contributed by atoms with Crippen LogP contribution in [0.1, 0.15) is 23.3 Å². The summed E-state index contributed by atoms with van der Waals surface area (Å²) in [4.78, 5) is 46.6. The van der Waals surface area contributed by atoms with Gasteiger partial charge in [0.15, 0.2) is 0 Å². The Hall–Kier alpha value is -3.75. The van der Waals surface area contributed by atoms with Crippen LogP contribution in [0.3, 0.4) is 0 Å². The number of rotatable bonds is 5. The fraction of sp³-hybridized carbons (Fsp3) is 0.286. The van der Waals surface area contributed by atoms with E-state index in [0.717, 1.165) is 12.8 Å². The number of amides is 2. The zero-order valence-corrected chi connectivity index (χ0v) is 16.2. The van der Waals surface area contributed by atoms with Gasteiger partial charge < -0.3 is 15.4 Å². The zero-order valence-electron chi connectivity index (χ0n) is 16.2. The number of primary amides is 1. The number of fused-ring (bicyclic) bond motifs is 1. The summed E-state index contributed by atoms with van der Waals surface area (Å²) in [7, 11) is 0. The molecule has 9 nitrogen and oxygen atoms in total. The molecular formula is C21H21N5O4. The summed E-state index contributed by atoms with van der Waals surface area (Å²) in [6.45, 7) is 0.907. The Morgan fingerprint density at radius 1 is 1.20 bits per heavy atom. The van der Waals surface area contributed by atoms with E-state index in [9.17, 15) is 14.4 Å². The van der Waals surface area contributed by atoms with Crippen molar-refractivity contribution in [1.82, 2.24) is 19.4 Å². The molecule has 0 radical (unpaired) electrons. The van der Waals surface area contributed by atoms with E-state index >= 15 is 0 Å². The molecule has 154 valence electrons. The molecule has 1 aliphatic heterocycles. The summed E-state index contributed by atoms with van der Waals surface area (Å²) in [5.74, 6) is -0.321. The van der Waals surface area contributed by atoms with Gasteiger partial charge in [-0.3, -0.25) is 23.9 Å². The highest BCUT2D eigenvalue weighted by Crippen LogP contribution is 2.19. The van der Waals surface area contributed by atoms with Crippen molar-refractivity contribution < 1.29 is 14.3 Å². The summed E-state index contributed by atoms with van der Waals surface area (Å²) >= 11 is 0. The number of hydrogen-bond acceptors (Lipinski definition) is 6. The van der Waals surface area contributed by atoms with Crippen molar-refractivity contribution in [3.63, 3.8) is 0 Å². The average molecular weight is 407 g/mol. The Balaban J connectivity index is 1.44. The van der Waals surface area contributed by atoms with Crippen molar-refractivity contribution in [2.45, 2.75) is 25.5 Å². The summed E-state index contributed by atoms with van der Waals surface area (Å²) in [6.07, 6.45) is 4.19. The first-order valence-electron chi connectivity index (χ1n) is 9.66. The van der Waals surface area contributed by atoms with Crippen LogP contribution in [0.15, 0.2) is 53.7 Å². The molecule has 3 aromatic rings. The minimum Gasteiger partial charge on any atom is -0.488 e.